The molecule has 0 fully saturated rings. The van der Waals surface area contributed by atoms with Crippen molar-refractivity contribution in [2.24, 2.45) is 11.7 Å². The Morgan fingerprint density at radius 2 is 1.58 bits per heavy atom. The summed E-state index contributed by atoms with van der Waals surface area (Å²) in [7, 11) is 0. The lowest BCUT2D eigenvalue weighted by Gasteiger charge is -2.22. The fraction of sp³-hybridized carbons (Fsp3) is 0.455. The number of aryl methyl sites for hydroxylation is 2. The first kappa shape index (κ1) is 22.5. The number of ether oxygens (including phenoxy) is 1. The zero-order valence-corrected chi connectivity index (χ0v) is 17.1. The van der Waals surface area contributed by atoms with Crippen LogP contribution in [0.3, 0.4) is 0 Å². The number of aliphatic hydroxyl groups is 1. The van der Waals surface area contributed by atoms with Gasteiger partial charge in [-0.1, -0.05) is 56.3 Å². The van der Waals surface area contributed by atoms with E-state index in [1.807, 2.05) is 44.2 Å². The van der Waals surface area contributed by atoms with E-state index in [9.17, 15) is 5.11 Å². The van der Waals surface area contributed by atoms with Crippen LogP contribution in [-0.2, 0) is 6.61 Å². The summed E-state index contributed by atoms with van der Waals surface area (Å²) >= 11 is 0. The molecule has 2 aromatic rings. The molecule has 3 N–H and O–H groups in total. The number of benzene rings is 2. The molecule has 0 aliphatic heterocycles. The summed E-state index contributed by atoms with van der Waals surface area (Å²) in [4.78, 5) is 0. The Morgan fingerprint density at radius 1 is 1.00 bits per heavy atom. The average molecular weight is 378 g/mol. The monoisotopic (exact) mass is 377 g/mol. The van der Waals surface area contributed by atoms with E-state index >= 15 is 0 Å². The topological polar surface area (TPSA) is 55.5 Å². The molecule has 2 atom stereocenters. The van der Waals surface area contributed by atoms with E-state index in [0.717, 1.165) is 40.8 Å². The Labute approximate surface area is 164 Å². The molecule has 26 heavy (non-hydrogen) atoms. The van der Waals surface area contributed by atoms with Crippen LogP contribution in [0.2, 0.25) is 0 Å². The number of aliphatic hydroxyl groups excluding tert-OH is 1. The normalized spacial score (nSPS) is 13.2. The molecule has 0 saturated heterocycles. The van der Waals surface area contributed by atoms with Crippen LogP contribution in [0.1, 0.15) is 55.0 Å². The van der Waals surface area contributed by atoms with Crippen LogP contribution in [0.25, 0.3) is 0 Å². The van der Waals surface area contributed by atoms with Gasteiger partial charge in [0.25, 0.3) is 0 Å². The SMILES string of the molecule is Cc1cc([C@@H](N)[C@@H](O)CCC(C)C)cc(C)c1OCc1ccccc1.Cl. The van der Waals surface area contributed by atoms with Crippen molar-refractivity contribution >= 4 is 12.4 Å². The average Bonchev–Trinajstić information content (AvgIpc) is 2.59. The summed E-state index contributed by atoms with van der Waals surface area (Å²) in [6, 6.07) is 13.9. The predicted octanol–water partition coefficient (Wildman–Crippen LogP) is 5.10. The zero-order valence-electron chi connectivity index (χ0n) is 16.2. The minimum atomic E-state index is -0.516. The van der Waals surface area contributed by atoms with Gasteiger partial charge in [-0.2, -0.15) is 0 Å². The van der Waals surface area contributed by atoms with Crippen molar-refractivity contribution in [3.05, 3.63) is 64.7 Å². The molecule has 0 saturated carbocycles. The van der Waals surface area contributed by atoms with E-state index in [1.165, 1.54) is 0 Å². The quantitative estimate of drug-likeness (QED) is 0.672. The standard InChI is InChI=1S/C22H31NO2.ClH/c1-15(2)10-11-20(24)21(23)19-12-16(3)22(17(4)13-19)25-14-18-8-6-5-7-9-18;/h5-9,12-13,15,20-21,24H,10-11,14,23H2,1-4H3;1H/t20-,21+;/m0./s1. The molecule has 0 heterocycles. The second kappa shape index (κ2) is 10.6. The lowest BCUT2D eigenvalue weighted by molar-refractivity contribution is 0.128. The second-order valence-corrected chi connectivity index (χ2v) is 7.32. The van der Waals surface area contributed by atoms with Crippen LogP contribution in [0.5, 0.6) is 5.75 Å². The molecule has 0 spiro atoms. The summed E-state index contributed by atoms with van der Waals surface area (Å²) in [5.41, 5.74) is 10.5. The van der Waals surface area contributed by atoms with E-state index in [0.29, 0.717) is 12.5 Å². The highest BCUT2D eigenvalue weighted by atomic mass is 35.5. The van der Waals surface area contributed by atoms with Crippen molar-refractivity contribution in [1.82, 2.24) is 0 Å². The molecule has 4 heteroatoms. The van der Waals surface area contributed by atoms with Crippen LogP contribution >= 0.6 is 12.4 Å². The van der Waals surface area contributed by atoms with Gasteiger partial charge in [0, 0.05) is 0 Å². The molecular weight excluding hydrogens is 346 g/mol. The number of nitrogens with two attached hydrogens (primary N) is 1. The third kappa shape index (κ3) is 6.31. The molecule has 3 nitrogen and oxygen atoms in total. The van der Waals surface area contributed by atoms with Gasteiger partial charge < -0.3 is 15.6 Å². The number of halogens is 1. The molecule has 2 rings (SSSR count). The first-order valence-electron chi connectivity index (χ1n) is 9.10. The molecule has 0 aliphatic rings. The van der Waals surface area contributed by atoms with Crippen molar-refractivity contribution in [1.29, 1.82) is 0 Å². The van der Waals surface area contributed by atoms with E-state index < -0.39 is 6.10 Å². The molecule has 144 valence electrons. The minimum absolute atomic E-state index is 0. The van der Waals surface area contributed by atoms with Crippen molar-refractivity contribution in [2.45, 2.75) is 59.3 Å². The summed E-state index contributed by atoms with van der Waals surface area (Å²) in [5, 5.41) is 10.4. The van der Waals surface area contributed by atoms with Crippen LogP contribution in [-0.4, -0.2) is 11.2 Å². The van der Waals surface area contributed by atoms with Gasteiger partial charge in [0.2, 0.25) is 0 Å². The molecule has 2 aromatic carbocycles. The Hall–Kier alpha value is -1.55. The van der Waals surface area contributed by atoms with Crippen LogP contribution in [0.15, 0.2) is 42.5 Å². The maximum atomic E-state index is 10.4. The molecule has 0 aliphatic carbocycles. The predicted molar refractivity (Wildman–Crippen MR) is 111 cm³/mol. The van der Waals surface area contributed by atoms with Gasteiger partial charge in [-0.3, -0.25) is 0 Å². The Kier molecular flexibility index (Phi) is 9.14. The van der Waals surface area contributed by atoms with E-state index in [4.69, 9.17) is 10.5 Å². The lowest BCUT2D eigenvalue weighted by Crippen LogP contribution is -2.26. The van der Waals surface area contributed by atoms with Gasteiger partial charge in [0.05, 0.1) is 12.1 Å². The Balaban J connectivity index is 0.00000338. The van der Waals surface area contributed by atoms with Gasteiger partial charge in [-0.05, 0) is 54.9 Å². The van der Waals surface area contributed by atoms with E-state index in [1.54, 1.807) is 0 Å². The largest absolute Gasteiger partial charge is 0.488 e. The molecule has 0 aromatic heterocycles. The fourth-order valence-corrected chi connectivity index (χ4v) is 3.04. The smallest absolute Gasteiger partial charge is 0.125 e. The third-order valence-corrected chi connectivity index (χ3v) is 4.55. The second-order valence-electron chi connectivity index (χ2n) is 7.32. The number of rotatable bonds is 8. The molecule has 0 radical (unpaired) electrons. The summed E-state index contributed by atoms with van der Waals surface area (Å²) in [6.45, 7) is 8.93. The number of hydrogen-bond acceptors (Lipinski definition) is 3. The first-order chi connectivity index (χ1) is 11.9. The Bertz CT molecular complexity index is 650. The highest BCUT2D eigenvalue weighted by Crippen LogP contribution is 2.29. The molecular formula is C22H32ClNO2. The van der Waals surface area contributed by atoms with Crippen molar-refractivity contribution in [3.8, 4) is 5.75 Å². The van der Waals surface area contributed by atoms with Gasteiger partial charge in [-0.15, -0.1) is 12.4 Å². The number of hydrogen-bond donors (Lipinski definition) is 2. The van der Waals surface area contributed by atoms with E-state index in [-0.39, 0.29) is 18.4 Å². The van der Waals surface area contributed by atoms with Crippen molar-refractivity contribution in [2.75, 3.05) is 0 Å². The third-order valence-electron chi connectivity index (χ3n) is 4.55. The first-order valence-corrected chi connectivity index (χ1v) is 9.10. The lowest BCUT2D eigenvalue weighted by atomic mass is 9.93. The van der Waals surface area contributed by atoms with Gasteiger partial charge in [0.15, 0.2) is 0 Å². The summed E-state index contributed by atoms with van der Waals surface area (Å²) in [6.07, 6.45) is 1.19. The van der Waals surface area contributed by atoms with Crippen molar-refractivity contribution < 1.29 is 9.84 Å². The fourth-order valence-electron chi connectivity index (χ4n) is 3.04. The minimum Gasteiger partial charge on any atom is -0.488 e. The highest BCUT2D eigenvalue weighted by Gasteiger charge is 2.19. The van der Waals surface area contributed by atoms with Crippen LogP contribution in [0.4, 0.5) is 0 Å². The molecule has 0 bridgehead atoms. The maximum absolute atomic E-state index is 10.4. The van der Waals surface area contributed by atoms with Crippen LogP contribution < -0.4 is 10.5 Å². The summed E-state index contributed by atoms with van der Waals surface area (Å²) < 4.78 is 6.02. The summed E-state index contributed by atoms with van der Waals surface area (Å²) in [5.74, 6) is 1.47. The zero-order chi connectivity index (χ0) is 18.4. The highest BCUT2D eigenvalue weighted by molar-refractivity contribution is 5.85. The maximum Gasteiger partial charge on any atom is 0.125 e. The van der Waals surface area contributed by atoms with Gasteiger partial charge in [0.1, 0.15) is 12.4 Å². The van der Waals surface area contributed by atoms with Crippen molar-refractivity contribution in [3.63, 3.8) is 0 Å². The van der Waals surface area contributed by atoms with Crippen LogP contribution in [0, 0.1) is 19.8 Å². The van der Waals surface area contributed by atoms with Gasteiger partial charge >= 0.3 is 0 Å². The van der Waals surface area contributed by atoms with Gasteiger partial charge in [-0.25, -0.2) is 0 Å². The molecule has 0 amide bonds. The molecule has 0 unspecified atom stereocenters. The van der Waals surface area contributed by atoms with E-state index in [2.05, 4.69) is 26.0 Å². The Morgan fingerprint density at radius 3 is 2.12 bits per heavy atom.